The molecule has 1 aliphatic heterocycles. The maximum atomic E-state index is 11.1. The van der Waals surface area contributed by atoms with Crippen LogP contribution in [0.2, 0.25) is 10.0 Å². The van der Waals surface area contributed by atoms with E-state index in [-0.39, 0.29) is 11.8 Å². The lowest BCUT2D eigenvalue weighted by molar-refractivity contribution is -0.123. The predicted molar refractivity (Wildman–Crippen MR) is 91.1 cm³/mol. The molecule has 2 rings (SSSR count). The molecule has 1 saturated heterocycles. The molecule has 0 aliphatic carbocycles. The first-order chi connectivity index (χ1) is 10.6. The van der Waals surface area contributed by atoms with Crippen LogP contribution in [0.1, 0.15) is 24.8 Å². The van der Waals surface area contributed by atoms with Gasteiger partial charge in [-0.3, -0.25) is 4.79 Å². The summed E-state index contributed by atoms with van der Waals surface area (Å²) in [5.74, 6) is -0.0769. The van der Waals surface area contributed by atoms with Gasteiger partial charge in [0, 0.05) is 12.5 Å². The number of amides is 1. The zero-order chi connectivity index (χ0) is 15.9. The number of piperidine rings is 1. The van der Waals surface area contributed by atoms with E-state index in [4.69, 9.17) is 28.9 Å². The standard InChI is InChI=1S/C16H23Cl2N3O/c17-14-3-2-12(10-15(14)18)11-20-6-1-7-21-8-4-13(5-9-21)16(19)22/h2-3,10,13,20H,1,4-9,11H2,(H2,19,22). The molecule has 0 radical (unpaired) electrons. The Kier molecular flexibility index (Phi) is 6.96. The lowest BCUT2D eigenvalue weighted by Gasteiger charge is -2.30. The van der Waals surface area contributed by atoms with Crippen molar-refractivity contribution >= 4 is 29.1 Å². The topological polar surface area (TPSA) is 58.4 Å². The van der Waals surface area contributed by atoms with Crippen molar-refractivity contribution in [2.75, 3.05) is 26.2 Å². The normalized spacial score (nSPS) is 16.8. The summed E-state index contributed by atoms with van der Waals surface area (Å²) in [6, 6.07) is 5.70. The molecule has 0 atom stereocenters. The molecule has 0 bridgehead atoms. The molecule has 1 aromatic rings. The number of carbonyl (C=O) groups is 1. The lowest BCUT2D eigenvalue weighted by Crippen LogP contribution is -2.39. The highest BCUT2D eigenvalue weighted by atomic mass is 35.5. The van der Waals surface area contributed by atoms with Crippen LogP contribution in [0, 0.1) is 5.92 Å². The SMILES string of the molecule is NC(=O)C1CCN(CCCNCc2ccc(Cl)c(Cl)c2)CC1. The van der Waals surface area contributed by atoms with Crippen molar-refractivity contribution in [2.24, 2.45) is 11.7 Å². The Morgan fingerprint density at radius 3 is 2.64 bits per heavy atom. The highest BCUT2D eigenvalue weighted by Gasteiger charge is 2.22. The van der Waals surface area contributed by atoms with Gasteiger partial charge in [-0.15, -0.1) is 0 Å². The average Bonchev–Trinajstić information content (AvgIpc) is 2.51. The number of carbonyl (C=O) groups excluding carboxylic acids is 1. The second-order valence-electron chi connectivity index (χ2n) is 5.80. The predicted octanol–water partition coefficient (Wildman–Crippen LogP) is 2.67. The minimum absolute atomic E-state index is 0.0732. The quantitative estimate of drug-likeness (QED) is 0.748. The molecular formula is C16H23Cl2N3O. The Morgan fingerprint density at radius 1 is 1.27 bits per heavy atom. The van der Waals surface area contributed by atoms with Crippen LogP contribution in [0.4, 0.5) is 0 Å². The fourth-order valence-electron chi connectivity index (χ4n) is 2.75. The summed E-state index contributed by atoms with van der Waals surface area (Å²) in [5.41, 5.74) is 6.48. The zero-order valence-corrected chi connectivity index (χ0v) is 14.2. The molecule has 1 heterocycles. The van der Waals surface area contributed by atoms with E-state index in [1.54, 1.807) is 0 Å². The number of hydrogen-bond donors (Lipinski definition) is 2. The third-order valence-electron chi connectivity index (χ3n) is 4.13. The first-order valence-corrected chi connectivity index (χ1v) is 8.48. The smallest absolute Gasteiger partial charge is 0.220 e. The second-order valence-corrected chi connectivity index (χ2v) is 6.61. The molecule has 1 aromatic carbocycles. The number of nitrogens with zero attached hydrogens (tertiary/aromatic N) is 1. The van der Waals surface area contributed by atoms with Gasteiger partial charge in [0.1, 0.15) is 0 Å². The summed E-state index contributed by atoms with van der Waals surface area (Å²) in [6.45, 7) is 4.75. The number of halogens is 2. The van der Waals surface area contributed by atoms with Gasteiger partial charge in [0.25, 0.3) is 0 Å². The Balaban J connectivity index is 1.58. The molecule has 22 heavy (non-hydrogen) atoms. The number of nitrogens with one attached hydrogen (secondary N) is 1. The zero-order valence-electron chi connectivity index (χ0n) is 12.7. The largest absolute Gasteiger partial charge is 0.369 e. The highest BCUT2D eigenvalue weighted by Crippen LogP contribution is 2.22. The number of rotatable bonds is 7. The monoisotopic (exact) mass is 343 g/mol. The molecule has 6 heteroatoms. The molecule has 0 aromatic heterocycles. The van der Waals surface area contributed by atoms with Crippen LogP contribution in [-0.4, -0.2) is 37.0 Å². The minimum atomic E-state index is -0.150. The van der Waals surface area contributed by atoms with E-state index in [1.807, 2.05) is 18.2 Å². The van der Waals surface area contributed by atoms with Crippen LogP contribution >= 0.6 is 23.2 Å². The lowest BCUT2D eigenvalue weighted by atomic mass is 9.96. The van der Waals surface area contributed by atoms with Crippen LogP contribution in [0.3, 0.4) is 0 Å². The van der Waals surface area contributed by atoms with Crippen molar-refractivity contribution in [1.82, 2.24) is 10.2 Å². The van der Waals surface area contributed by atoms with Crippen molar-refractivity contribution in [2.45, 2.75) is 25.8 Å². The Bertz CT molecular complexity index is 502. The van der Waals surface area contributed by atoms with Gasteiger partial charge in [0.15, 0.2) is 0 Å². The molecule has 122 valence electrons. The van der Waals surface area contributed by atoms with Gasteiger partial charge in [-0.2, -0.15) is 0 Å². The molecule has 1 amide bonds. The van der Waals surface area contributed by atoms with Gasteiger partial charge >= 0.3 is 0 Å². The molecular weight excluding hydrogens is 321 g/mol. The van der Waals surface area contributed by atoms with E-state index in [0.29, 0.717) is 10.0 Å². The van der Waals surface area contributed by atoms with E-state index in [9.17, 15) is 4.79 Å². The molecule has 0 saturated carbocycles. The number of likely N-dealkylation sites (tertiary alicyclic amines) is 1. The van der Waals surface area contributed by atoms with Crippen molar-refractivity contribution in [3.05, 3.63) is 33.8 Å². The first kappa shape index (κ1) is 17.5. The summed E-state index contributed by atoms with van der Waals surface area (Å²) >= 11 is 11.9. The van der Waals surface area contributed by atoms with E-state index in [0.717, 1.165) is 57.5 Å². The molecule has 0 spiro atoms. The van der Waals surface area contributed by atoms with E-state index in [1.165, 1.54) is 0 Å². The van der Waals surface area contributed by atoms with E-state index in [2.05, 4.69) is 10.2 Å². The fourth-order valence-corrected chi connectivity index (χ4v) is 3.07. The third kappa shape index (κ3) is 5.43. The van der Waals surface area contributed by atoms with Crippen LogP contribution in [-0.2, 0) is 11.3 Å². The van der Waals surface area contributed by atoms with Crippen molar-refractivity contribution < 1.29 is 4.79 Å². The number of hydrogen-bond acceptors (Lipinski definition) is 3. The molecule has 0 unspecified atom stereocenters. The van der Waals surface area contributed by atoms with Gasteiger partial charge in [0.05, 0.1) is 10.0 Å². The summed E-state index contributed by atoms with van der Waals surface area (Å²) in [7, 11) is 0. The third-order valence-corrected chi connectivity index (χ3v) is 4.87. The highest BCUT2D eigenvalue weighted by molar-refractivity contribution is 6.42. The van der Waals surface area contributed by atoms with Gasteiger partial charge in [-0.05, 0) is 63.1 Å². The molecule has 1 aliphatic rings. The van der Waals surface area contributed by atoms with Crippen LogP contribution in [0.15, 0.2) is 18.2 Å². The van der Waals surface area contributed by atoms with Gasteiger partial charge in [-0.1, -0.05) is 29.3 Å². The number of nitrogens with two attached hydrogens (primary N) is 1. The second kappa shape index (κ2) is 8.73. The Hall–Kier alpha value is -0.810. The molecule has 1 fully saturated rings. The van der Waals surface area contributed by atoms with Gasteiger partial charge in [0.2, 0.25) is 5.91 Å². The maximum absolute atomic E-state index is 11.1. The number of benzene rings is 1. The van der Waals surface area contributed by atoms with Crippen molar-refractivity contribution in [1.29, 1.82) is 0 Å². The fraction of sp³-hybridized carbons (Fsp3) is 0.562. The summed E-state index contributed by atoms with van der Waals surface area (Å²) in [4.78, 5) is 13.5. The minimum Gasteiger partial charge on any atom is -0.369 e. The molecule has 3 N–H and O–H groups in total. The van der Waals surface area contributed by atoms with Crippen LogP contribution in [0.25, 0.3) is 0 Å². The summed E-state index contributed by atoms with van der Waals surface area (Å²) in [5, 5.41) is 4.60. The van der Waals surface area contributed by atoms with E-state index < -0.39 is 0 Å². The first-order valence-electron chi connectivity index (χ1n) is 7.72. The van der Waals surface area contributed by atoms with Crippen LogP contribution in [0.5, 0.6) is 0 Å². The van der Waals surface area contributed by atoms with Crippen molar-refractivity contribution in [3.8, 4) is 0 Å². The maximum Gasteiger partial charge on any atom is 0.220 e. The van der Waals surface area contributed by atoms with Gasteiger partial charge < -0.3 is 16.0 Å². The molecule has 4 nitrogen and oxygen atoms in total. The summed E-state index contributed by atoms with van der Waals surface area (Å²) in [6.07, 6.45) is 2.88. The number of primary amides is 1. The Labute approximate surface area is 141 Å². The Morgan fingerprint density at radius 2 is 2.00 bits per heavy atom. The average molecular weight is 344 g/mol. The summed E-state index contributed by atoms with van der Waals surface area (Å²) < 4.78 is 0. The van der Waals surface area contributed by atoms with Crippen molar-refractivity contribution in [3.63, 3.8) is 0 Å². The van der Waals surface area contributed by atoms with Gasteiger partial charge in [-0.25, -0.2) is 0 Å². The van der Waals surface area contributed by atoms with E-state index >= 15 is 0 Å². The van der Waals surface area contributed by atoms with Crippen LogP contribution < -0.4 is 11.1 Å².